The molecule has 1 atom stereocenters. The molecule has 2 aliphatic carbocycles. The van der Waals surface area contributed by atoms with Crippen LogP contribution < -0.4 is 10.1 Å². The van der Waals surface area contributed by atoms with Gasteiger partial charge < -0.3 is 14.5 Å². The number of nitrogens with zero attached hydrogens (tertiary/aromatic N) is 2. The summed E-state index contributed by atoms with van der Waals surface area (Å²) in [5.74, 6) is 0.0545. The topological polar surface area (TPSA) is 96.0 Å². The number of imide groups is 1. The van der Waals surface area contributed by atoms with Gasteiger partial charge in [-0.15, -0.1) is 0 Å². The first kappa shape index (κ1) is 30.0. The van der Waals surface area contributed by atoms with Crippen LogP contribution >= 0.6 is 11.6 Å². The molecule has 2 saturated heterocycles. The molecule has 9 heteroatoms. The Kier molecular flexibility index (Phi) is 7.54. The van der Waals surface area contributed by atoms with Crippen molar-refractivity contribution >= 4 is 40.8 Å². The summed E-state index contributed by atoms with van der Waals surface area (Å²) in [6, 6.07) is 12.8. The Hall–Kier alpha value is -3.65. The lowest BCUT2D eigenvalue weighted by Gasteiger charge is -2.52. The van der Waals surface area contributed by atoms with Gasteiger partial charge in [0.05, 0.1) is 6.10 Å². The van der Waals surface area contributed by atoms with E-state index >= 15 is 0 Å². The van der Waals surface area contributed by atoms with Crippen molar-refractivity contribution in [3.05, 3.63) is 69.8 Å². The summed E-state index contributed by atoms with van der Waals surface area (Å²) in [7, 11) is 0. The van der Waals surface area contributed by atoms with E-state index in [1.54, 1.807) is 11.0 Å². The maximum Gasteiger partial charge on any atom is 0.255 e. The second kappa shape index (κ2) is 11.3. The van der Waals surface area contributed by atoms with Crippen LogP contribution in [0.5, 0.6) is 5.75 Å². The molecule has 1 N–H and O–H groups in total. The van der Waals surface area contributed by atoms with Crippen LogP contribution in [0.2, 0.25) is 5.02 Å². The lowest BCUT2D eigenvalue weighted by atomic mass is 9.61. The average Bonchev–Trinajstić information content (AvgIpc) is 3.31. The average molecular weight is 630 g/mol. The van der Waals surface area contributed by atoms with Crippen LogP contribution in [0.3, 0.4) is 0 Å². The van der Waals surface area contributed by atoms with Gasteiger partial charge in [0.2, 0.25) is 17.7 Å². The number of hydrogen-bond acceptors (Lipinski definition) is 5. The Morgan fingerprint density at radius 1 is 0.978 bits per heavy atom. The molecule has 45 heavy (non-hydrogen) atoms. The number of hydrogen-bond donors (Lipinski definition) is 1. The molecule has 3 fully saturated rings. The third kappa shape index (κ3) is 5.78. The summed E-state index contributed by atoms with van der Waals surface area (Å²) in [5.41, 5.74) is 5.04. The molecule has 236 valence electrons. The zero-order chi connectivity index (χ0) is 31.5. The second-order valence-electron chi connectivity index (χ2n) is 14.5. The normalized spacial score (nSPS) is 24.4. The summed E-state index contributed by atoms with van der Waals surface area (Å²) >= 11 is 6.16. The van der Waals surface area contributed by atoms with Gasteiger partial charge in [-0.1, -0.05) is 37.6 Å². The Morgan fingerprint density at radius 2 is 1.71 bits per heavy atom. The van der Waals surface area contributed by atoms with Crippen molar-refractivity contribution in [2.75, 3.05) is 13.1 Å². The maximum absolute atomic E-state index is 13.9. The van der Waals surface area contributed by atoms with E-state index in [0.717, 1.165) is 80.5 Å². The van der Waals surface area contributed by atoms with E-state index in [-0.39, 0.29) is 41.1 Å². The number of halogens is 1. The van der Waals surface area contributed by atoms with Gasteiger partial charge in [0.25, 0.3) is 5.91 Å². The number of fused-ring (bicyclic) bond motifs is 1. The minimum Gasteiger partial charge on any atom is -0.490 e. The Morgan fingerprint density at radius 3 is 2.42 bits per heavy atom. The van der Waals surface area contributed by atoms with Crippen LogP contribution in [0.15, 0.2) is 48.0 Å². The summed E-state index contributed by atoms with van der Waals surface area (Å²) < 4.78 is 6.36. The summed E-state index contributed by atoms with van der Waals surface area (Å²) in [6.45, 7) is 6.43. The molecule has 3 aliphatic heterocycles. The van der Waals surface area contributed by atoms with Gasteiger partial charge in [-0.3, -0.25) is 24.5 Å². The van der Waals surface area contributed by atoms with Gasteiger partial charge in [0, 0.05) is 42.2 Å². The molecule has 0 bridgehead atoms. The predicted molar refractivity (Wildman–Crippen MR) is 170 cm³/mol. The minimum absolute atomic E-state index is 0.105. The first-order chi connectivity index (χ1) is 21.5. The number of benzene rings is 2. The number of ether oxygens (including phenoxy) is 1. The number of allylic oxidation sites excluding steroid dienone is 1. The molecular weight excluding hydrogens is 590 g/mol. The van der Waals surface area contributed by atoms with Gasteiger partial charge in [0.15, 0.2) is 0 Å². The SMILES string of the molecule is CC1(C)CCC(C(=O)N2CCC3(CC2)CC(Oc2ccc4c(c2)CN(C2CCC(=O)NC2=O)C4=O)C3)=C(c2ccc(Cl)cc2)C1. The number of amides is 4. The van der Waals surface area contributed by atoms with E-state index in [2.05, 4.69) is 24.1 Å². The monoisotopic (exact) mass is 629 g/mol. The Bertz CT molecular complexity index is 1600. The molecule has 0 aromatic heterocycles. The molecule has 8 nitrogen and oxygen atoms in total. The molecular formula is C36H40ClN3O5. The van der Waals surface area contributed by atoms with Crippen LogP contribution in [0, 0.1) is 10.8 Å². The largest absolute Gasteiger partial charge is 0.490 e. The first-order valence-corrected chi connectivity index (χ1v) is 16.6. The van der Waals surface area contributed by atoms with Gasteiger partial charge in [0.1, 0.15) is 11.8 Å². The second-order valence-corrected chi connectivity index (χ2v) is 14.9. The fraction of sp³-hybridized carbons (Fsp3) is 0.500. The molecule has 2 aromatic carbocycles. The molecule has 2 aromatic rings. The minimum atomic E-state index is -0.624. The van der Waals surface area contributed by atoms with E-state index < -0.39 is 11.9 Å². The Balaban J connectivity index is 0.953. The lowest BCUT2D eigenvalue weighted by molar-refractivity contribution is -0.137. The van der Waals surface area contributed by atoms with Crippen molar-refractivity contribution in [2.24, 2.45) is 10.8 Å². The molecule has 7 rings (SSSR count). The van der Waals surface area contributed by atoms with Crippen molar-refractivity contribution in [1.82, 2.24) is 15.1 Å². The summed E-state index contributed by atoms with van der Waals surface area (Å²) in [6.07, 6.45) is 7.27. The fourth-order valence-electron chi connectivity index (χ4n) is 8.04. The maximum atomic E-state index is 13.9. The third-order valence-corrected chi connectivity index (χ3v) is 11.0. The smallest absolute Gasteiger partial charge is 0.255 e. The molecule has 3 heterocycles. The zero-order valence-electron chi connectivity index (χ0n) is 26.0. The van der Waals surface area contributed by atoms with Gasteiger partial charge in [-0.25, -0.2) is 0 Å². The quantitative estimate of drug-likeness (QED) is 0.415. The fourth-order valence-corrected chi connectivity index (χ4v) is 8.17. The van der Waals surface area contributed by atoms with Gasteiger partial charge >= 0.3 is 0 Å². The van der Waals surface area contributed by atoms with Crippen LogP contribution in [-0.4, -0.2) is 58.7 Å². The van der Waals surface area contributed by atoms with Gasteiger partial charge in [-0.05, 0) is 109 Å². The molecule has 1 spiro atoms. The number of carbonyl (C=O) groups is 4. The Labute approximate surface area is 269 Å². The van der Waals surface area contributed by atoms with E-state index in [4.69, 9.17) is 16.3 Å². The number of nitrogens with one attached hydrogen (secondary N) is 1. The van der Waals surface area contributed by atoms with E-state index in [1.807, 2.05) is 36.4 Å². The van der Waals surface area contributed by atoms with E-state index in [1.165, 1.54) is 5.57 Å². The highest BCUT2D eigenvalue weighted by molar-refractivity contribution is 6.30. The zero-order valence-corrected chi connectivity index (χ0v) is 26.8. The van der Waals surface area contributed by atoms with Gasteiger partial charge in [-0.2, -0.15) is 0 Å². The molecule has 1 unspecified atom stereocenters. The molecule has 4 amide bonds. The van der Waals surface area contributed by atoms with Crippen molar-refractivity contribution in [1.29, 1.82) is 0 Å². The van der Waals surface area contributed by atoms with Crippen LogP contribution in [0.1, 0.15) is 93.1 Å². The molecule has 0 radical (unpaired) electrons. The van der Waals surface area contributed by atoms with Crippen molar-refractivity contribution < 1.29 is 23.9 Å². The molecule has 1 saturated carbocycles. The van der Waals surface area contributed by atoms with Crippen molar-refractivity contribution in [3.63, 3.8) is 0 Å². The number of piperidine rings is 2. The lowest BCUT2D eigenvalue weighted by Crippen LogP contribution is -2.52. The van der Waals surface area contributed by atoms with Crippen LogP contribution in [-0.2, 0) is 20.9 Å². The number of likely N-dealkylation sites (tertiary alicyclic amines) is 1. The molecule has 5 aliphatic rings. The van der Waals surface area contributed by atoms with Crippen molar-refractivity contribution in [2.45, 2.75) is 90.3 Å². The third-order valence-electron chi connectivity index (χ3n) is 10.8. The standard InChI is InChI=1S/C36H40ClN3O5/c1-35(2)12-11-28(29(20-35)22-3-5-24(37)6-4-22)33(43)39-15-13-36(14-16-39)18-26(19-36)45-25-7-8-27-23(17-25)21-40(34(27)44)30-9-10-31(41)38-32(30)42/h3-8,17,26,30H,9-16,18-21H2,1-2H3,(H,38,41,42). The number of carbonyl (C=O) groups excluding carboxylic acids is 4. The highest BCUT2D eigenvalue weighted by Gasteiger charge is 2.48. The van der Waals surface area contributed by atoms with Crippen LogP contribution in [0.25, 0.3) is 5.57 Å². The number of rotatable bonds is 5. The summed E-state index contributed by atoms with van der Waals surface area (Å²) in [5, 5.41) is 3.05. The van der Waals surface area contributed by atoms with Crippen molar-refractivity contribution in [3.8, 4) is 5.75 Å². The highest BCUT2D eigenvalue weighted by atomic mass is 35.5. The van der Waals surface area contributed by atoms with Crippen LogP contribution in [0.4, 0.5) is 0 Å². The first-order valence-electron chi connectivity index (χ1n) is 16.2. The van der Waals surface area contributed by atoms with E-state index in [0.29, 0.717) is 23.6 Å². The van der Waals surface area contributed by atoms with E-state index in [9.17, 15) is 19.2 Å². The predicted octanol–water partition coefficient (Wildman–Crippen LogP) is 5.91. The summed E-state index contributed by atoms with van der Waals surface area (Å²) in [4.78, 5) is 54.4. The highest BCUT2D eigenvalue weighted by Crippen LogP contribution is 2.51.